The van der Waals surface area contributed by atoms with Crippen molar-refractivity contribution >= 4 is 58.4 Å². The fourth-order valence-corrected chi connectivity index (χ4v) is 6.23. The van der Waals surface area contributed by atoms with Gasteiger partial charge in [-0.2, -0.15) is 0 Å². The molecule has 0 unspecified atom stereocenters. The Bertz CT molecular complexity index is 1530. The predicted molar refractivity (Wildman–Crippen MR) is 210 cm³/mol. The van der Waals surface area contributed by atoms with E-state index in [0.29, 0.717) is 49.4 Å². The van der Waals surface area contributed by atoms with Crippen molar-refractivity contribution in [2.75, 3.05) is 27.2 Å². The molecule has 0 saturated carbocycles. The van der Waals surface area contributed by atoms with Crippen LogP contribution in [-0.2, 0) is 32.0 Å². The molecule has 0 spiro atoms. The molecule has 2 aromatic rings. The number of halogens is 1. The van der Waals surface area contributed by atoms with Crippen LogP contribution in [0.15, 0.2) is 58.5 Å². The molecule has 52 heavy (non-hydrogen) atoms. The van der Waals surface area contributed by atoms with Crippen LogP contribution < -0.4 is 38.3 Å². The van der Waals surface area contributed by atoms with Gasteiger partial charge in [0.25, 0.3) is 0 Å². The molecule has 0 aliphatic carbocycles. The number of aliphatic imine (C=N–C) groups is 2. The van der Waals surface area contributed by atoms with Crippen molar-refractivity contribution in [3.8, 4) is 5.75 Å². The molecule has 16 nitrogen and oxygen atoms in total. The highest BCUT2D eigenvalue weighted by Crippen LogP contribution is 2.18. The Morgan fingerprint density at radius 3 is 2.13 bits per heavy atom. The normalized spacial score (nSPS) is 14.0. The number of carboxylic acid groups (broad SMARTS) is 1. The van der Waals surface area contributed by atoms with Crippen molar-refractivity contribution in [3.05, 3.63) is 65.2 Å². The van der Waals surface area contributed by atoms with E-state index in [1.165, 1.54) is 6.07 Å². The SMILES string of the molecule is CCC(=NC)N(I)CCC[C@H](NC(=O)[C@H](Cc1ccc(O)cc1C)NC(=O)[C@H](N)CCCNC(=NC)NN)C(=O)N[C@@H](Cc1ccccc1)C(=O)O. The van der Waals surface area contributed by atoms with Gasteiger partial charge in [-0.05, 0) is 61.4 Å². The van der Waals surface area contributed by atoms with Crippen molar-refractivity contribution in [1.82, 2.24) is 29.8 Å². The zero-order valence-electron chi connectivity index (χ0n) is 30.2. The van der Waals surface area contributed by atoms with Gasteiger partial charge in [0.05, 0.1) is 28.9 Å². The molecule has 2 rings (SSSR count). The van der Waals surface area contributed by atoms with Gasteiger partial charge in [-0.3, -0.25) is 29.8 Å². The number of nitrogens with two attached hydrogens (primary N) is 2. The van der Waals surface area contributed by atoms with E-state index in [0.717, 1.165) is 11.4 Å². The molecule has 0 heterocycles. The van der Waals surface area contributed by atoms with E-state index in [2.05, 4.69) is 59.5 Å². The van der Waals surface area contributed by atoms with Crippen LogP contribution in [0.1, 0.15) is 55.7 Å². The molecule has 17 heteroatoms. The second-order valence-electron chi connectivity index (χ2n) is 12.1. The number of amidine groups is 1. The number of hydrogen-bond donors (Lipinski definition) is 9. The number of guanidine groups is 1. The first kappa shape index (κ1) is 43.7. The minimum atomic E-state index is -1.25. The molecule has 11 N–H and O–H groups in total. The lowest BCUT2D eigenvalue weighted by Gasteiger charge is -2.26. The predicted octanol–water partition coefficient (Wildman–Crippen LogP) is 1.04. The lowest BCUT2D eigenvalue weighted by molar-refractivity contribution is -0.142. The van der Waals surface area contributed by atoms with Gasteiger partial charge >= 0.3 is 5.97 Å². The van der Waals surface area contributed by atoms with Gasteiger partial charge in [0.2, 0.25) is 23.7 Å². The number of hydrazine groups is 1. The Kier molecular flexibility index (Phi) is 19.4. The third kappa shape index (κ3) is 15.0. The van der Waals surface area contributed by atoms with E-state index in [9.17, 15) is 29.4 Å². The number of carboxylic acids is 1. The number of benzene rings is 2. The molecule has 4 atom stereocenters. The van der Waals surface area contributed by atoms with E-state index in [1.807, 2.05) is 16.1 Å². The van der Waals surface area contributed by atoms with Crippen LogP contribution in [0.2, 0.25) is 0 Å². The second-order valence-corrected chi connectivity index (χ2v) is 13.3. The molecule has 0 fully saturated rings. The Morgan fingerprint density at radius 2 is 1.54 bits per heavy atom. The van der Waals surface area contributed by atoms with Crippen LogP contribution in [0.3, 0.4) is 0 Å². The lowest BCUT2D eigenvalue weighted by atomic mass is 9.99. The fourth-order valence-electron chi connectivity index (χ4n) is 5.34. The molecular formula is C35H53IN10O6. The Balaban J connectivity index is 2.32. The largest absolute Gasteiger partial charge is 0.508 e. The van der Waals surface area contributed by atoms with Gasteiger partial charge in [0, 0.05) is 46.4 Å². The van der Waals surface area contributed by atoms with Gasteiger partial charge in [-0.25, -0.2) is 10.6 Å². The van der Waals surface area contributed by atoms with Gasteiger partial charge in [-0.1, -0.05) is 43.3 Å². The van der Waals surface area contributed by atoms with Gasteiger partial charge in [0.1, 0.15) is 29.7 Å². The molecule has 0 radical (unpaired) electrons. The number of carbonyl (C=O) groups is 4. The van der Waals surface area contributed by atoms with Crippen molar-refractivity contribution in [2.24, 2.45) is 21.6 Å². The minimum absolute atomic E-state index is 0.0326. The molecule has 0 bridgehead atoms. The molecule has 0 aromatic heterocycles. The fraction of sp³-hybridized carbons (Fsp3) is 0.486. The number of rotatable bonds is 20. The van der Waals surface area contributed by atoms with Crippen molar-refractivity contribution in [3.63, 3.8) is 0 Å². The maximum atomic E-state index is 14.0. The van der Waals surface area contributed by atoms with E-state index < -0.39 is 47.9 Å². The van der Waals surface area contributed by atoms with Crippen LogP contribution in [0, 0.1) is 6.92 Å². The highest BCUT2D eigenvalue weighted by atomic mass is 127. The summed E-state index contributed by atoms with van der Waals surface area (Å²) in [5.74, 6) is 3.54. The van der Waals surface area contributed by atoms with Crippen molar-refractivity contribution < 1.29 is 29.4 Å². The van der Waals surface area contributed by atoms with Crippen LogP contribution >= 0.6 is 22.9 Å². The number of aryl methyl sites for hydroxylation is 1. The first-order valence-corrected chi connectivity index (χ1v) is 18.1. The first-order chi connectivity index (χ1) is 24.8. The summed E-state index contributed by atoms with van der Waals surface area (Å²) in [5, 5.41) is 31.0. The number of nitrogens with zero attached hydrogens (tertiary/aromatic N) is 3. The highest BCUT2D eigenvalue weighted by Gasteiger charge is 2.31. The average Bonchev–Trinajstić information content (AvgIpc) is 3.12. The van der Waals surface area contributed by atoms with Crippen LogP contribution in [0.5, 0.6) is 5.75 Å². The smallest absolute Gasteiger partial charge is 0.326 e. The number of phenols is 1. The topological polar surface area (TPSA) is 249 Å². The summed E-state index contributed by atoms with van der Waals surface area (Å²) in [6.07, 6.45) is 2.17. The van der Waals surface area contributed by atoms with E-state index in [1.54, 1.807) is 57.4 Å². The second kappa shape index (κ2) is 23.1. The van der Waals surface area contributed by atoms with Gasteiger partial charge in [-0.15, -0.1) is 0 Å². The maximum Gasteiger partial charge on any atom is 0.326 e. The minimum Gasteiger partial charge on any atom is -0.508 e. The lowest BCUT2D eigenvalue weighted by Crippen LogP contribution is -2.58. The average molecular weight is 837 g/mol. The third-order valence-electron chi connectivity index (χ3n) is 8.30. The van der Waals surface area contributed by atoms with Crippen LogP contribution in [0.25, 0.3) is 0 Å². The number of amides is 3. The summed E-state index contributed by atoms with van der Waals surface area (Å²) in [7, 11) is 3.26. The van der Waals surface area contributed by atoms with Crippen LogP contribution in [0.4, 0.5) is 0 Å². The molecule has 3 amide bonds. The molecule has 0 aliphatic heterocycles. The third-order valence-corrected chi connectivity index (χ3v) is 9.34. The standard InChI is InChI=1S/C35H53IN10O6/c1-5-30(39-3)46(36)18-10-14-27(32(49)44-29(34(51)52)20-23-11-7-6-8-12-23)42-33(50)28(21-24-15-16-25(47)19-22(24)2)43-31(48)26(37)13-9-17-41-35(40-4)45-38/h6-8,11-12,15-16,19,26-29,47H,5,9-10,13-14,17-18,20-21,37-38H2,1-4H3,(H,42,50)(H,43,48)(H,44,49)(H,51,52)(H2,40,41,45)/t26-,27+,28+,29+/m1/s1. The molecule has 0 aliphatic rings. The van der Waals surface area contributed by atoms with Crippen molar-refractivity contribution in [2.45, 2.75) is 83.0 Å². The van der Waals surface area contributed by atoms with Crippen LogP contribution in [-0.4, -0.2) is 100 Å². The first-order valence-electron chi connectivity index (χ1n) is 17.1. The van der Waals surface area contributed by atoms with Crippen molar-refractivity contribution in [1.29, 1.82) is 0 Å². The summed E-state index contributed by atoms with van der Waals surface area (Å²) in [4.78, 5) is 61.5. The van der Waals surface area contributed by atoms with E-state index >= 15 is 0 Å². The van der Waals surface area contributed by atoms with Gasteiger partial charge < -0.3 is 40.3 Å². The molecule has 286 valence electrons. The maximum absolute atomic E-state index is 14.0. The summed E-state index contributed by atoms with van der Waals surface area (Å²) < 4.78 is 1.93. The number of aliphatic carboxylic acids is 1. The Morgan fingerprint density at radius 1 is 0.885 bits per heavy atom. The number of hydrogen-bond acceptors (Lipinski definition) is 9. The Hall–Kier alpha value is -4.49. The monoisotopic (exact) mass is 836 g/mol. The summed E-state index contributed by atoms with van der Waals surface area (Å²) >= 11 is 2.14. The Labute approximate surface area is 319 Å². The molecular weight excluding hydrogens is 783 g/mol. The zero-order valence-corrected chi connectivity index (χ0v) is 32.4. The number of nitrogens with one attached hydrogen (secondary N) is 5. The molecule has 0 saturated heterocycles. The molecule has 2 aromatic carbocycles. The quantitative estimate of drug-likeness (QED) is 0.0174. The van der Waals surface area contributed by atoms with E-state index in [-0.39, 0.29) is 31.4 Å². The summed E-state index contributed by atoms with van der Waals surface area (Å²) in [6.45, 7) is 4.69. The van der Waals surface area contributed by atoms with E-state index in [4.69, 9.17) is 11.6 Å². The number of aromatic hydroxyl groups is 1. The zero-order chi connectivity index (χ0) is 38.6. The number of carbonyl (C=O) groups excluding carboxylic acids is 3. The summed E-state index contributed by atoms with van der Waals surface area (Å²) in [6, 6.07) is 9.09. The van der Waals surface area contributed by atoms with Gasteiger partial charge in [0.15, 0.2) is 0 Å². The highest BCUT2D eigenvalue weighted by molar-refractivity contribution is 14.1. The summed E-state index contributed by atoms with van der Waals surface area (Å²) in [5.41, 5.74) is 10.7. The number of phenolic OH excluding ortho intramolecular Hbond substituents is 1.